The minimum Gasteiger partial charge on any atom is -0.455 e. The van der Waals surface area contributed by atoms with Gasteiger partial charge in [-0.3, -0.25) is 14.4 Å². The van der Waals surface area contributed by atoms with Crippen LogP contribution in [0.3, 0.4) is 0 Å². The number of nitrogens with one attached hydrogen (secondary N) is 1. The maximum absolute atomic E-state index is 12.2. The van der Waals surface area contributed by atoms with Crippen LogP contribution < -0.4 is 5.32 Å². The van der Waals surface area contributed by atoms with Crippen LogP contribution in [0, 0.1) is 5.92 Å². The van der Waals surface area contributed by atoms with Crippen LogP contribution in [0.5, 0.6) is 0 Å². The molecule has 1 atom stereocenters. The van der Waals surface area contributed by atoms with Gasteiger partial charge in [0, 0.05) is 24.7 Å². The average molecular weight is 344 g/mol. The lowest BCUT2D eigenvalue weighted by atomic mass is 9.94. The lowest BCUT2D eigenvalue weighted by Gasteiger charge is -2.31. The Bertz CT molecular complexity index is 626. The van der Waals surface area contributed by atoms with Crippen LogP contribution in [0.25, 0.3) is 0 Å². The van der Waals surface area contributed by atoms with Gasteiger partial charge in [-0.2, -0.15) is 0 Å². The van der Waals surface area contributed by atoms with Crippen LogP contribution in [-0.4, -0.2) is 41.9 Å². The van der Waals surface area contributed by atoms with Gasteiger partial charge in [0.1, 0.15) is 0 Å². The highest BCUT2D eigenvalue weighted by Crippen LogP contribution is 2.29. The van der Waals surface area contributed by atoms with E-state index in [1.165, 1.54) is 6.42 Å². The van der Waals surface area contributed by atoms with E-state index in [-0.39, 0.29) is 30.9 Å². The predicted molar refractivity (Wildman–Crippen MR) is 92.7 cm³/mol. The maximum Gasteiger partial charge on any atom is 0.311 e. The van der Waals surface area contributed by atoms with Gasteiger partial charge >= 0.3 is 5.97 Å². The molecule has 134 valence electrons. The zero-order valence-electron chi connectivity index (χ0n) is 14.3. The molecular formula is C19H24N2O4. The Balaban J connectivity index is 1.45. The summed E-state index contributed by atoms with van der Waals surface area (Å²) in [5, 5.41) is 2.66. The number of carbonyl (C=O) groups is 3. The van der Waals surface area contributed by atoms with Gasteiger partial charge in [0.05, 0.1) is 5.92 Å². The number of para-hydroxylation sites is 1. The van der Waals surface area contributed by atoms with E-state index in [4.69, 9.17) is 4.74 Å². The molecule has 0 bridgehead atoms. The van der Waals surface area contributed by atoms with Crippen LogP contribution in [0.1, 0.15) is 38.5 Å². The third kappa shape index (κ3) is 4.59. The number of likely N-dealkylation sites (tertiary alicyclic amines) is 1. The first-order chi connectivity index (χ1) is 12.1. The molecule has 0 unspecified atom stereocenters. The summed E-state index contributed by atoms with van der Waals surface area (Å²) >= 11 is 0. The minimum absolute atomic E-state index is 0.0302. The molecule has 1 aliphatic heterocycles. The molecule has 1 aliphatic carbocycles. The van der Waals surface area contributed by atoms with Crippen molar-refractivity contribution in [2.45, 2.75) is 44.6 Å². The minimum atomic E-state index is -0.463. The van der Waals surface area contributed by atoms with Crippen LogP contribution >= 0.6 is 0 Å². The van der Waals surface area contributed by atoms with Crippen molar-refractivity contribution in [3.8, 4) is 0 Å². The summed E-state index contributed by atoms with van der Waals surface area (Å²) in [6.07, 6.45) is 5.74. The van der Waals surface area contributed by atoms with Gasteiger partial charge in [-0.15, -0.1) is 0 Å². The van der Waals surface area contributed by atoms with Crippen molar-refractivity contribution in [3.05, 3.63) is 30.3 Å². The number of esters is 1. The molecule has 1 heterocycles. The summed E-state index contributed by atoms with van der Waals surface area (Å²) in [6, 6.07) is 9.26. The van der Waals surface area contributed by atoms with Crippen LogP contribution in [-0.2, 0) is 19.1 Å². The highest BCUT2D eigenvalue weighted by molar-refractivity contribution is 5.93. The topological polar surface area (TPSA) is 75.7 Å². The number of benzene rings is 1. The molecule has 0 radical (unpaired) electrons. The van der Waals surface area contributed by atoms with Gasteiger partial charge in [0.15, 0.2) is 6.61 Å². The Hall–Kier alpha value is -2.37. The third-order valence-corrected chi connectivity index (χ3v) is 4.91. The smallest absolute Gasteiger partial charge is 0.311 e. The fraction of sp³-hybridized carbons (Fsp3) is 0.526. The van der Waals surface area contributed by atoms with Crippen LogP contribution in [0.4, 0.5) is 5.69 Å². The fourth-order valence-corrected chi connectivity index (χ4v) is 3.61. The molecule has 6 nitrogen and oxygen atoms in total. The molecule has 1 saturated heterocycles. The molecule has 1 saturated carbocycles. The molecule has 1 aromatic rings. The van der Waals surface area contributed by atoms with E-state index in [1.807, 2.05) is 23.1 Å². The third-order valence-electron chi connectivity index (χ3n) is 4.91. The Morgan fingerprint density at radius 1 is 1.12 bits per heavy atom. The van der Waals surface area contributed by atoms with E-state index in [0.29, 0.717) is 12.2 Å². The van der Waals surface area contributed by atoms with Gasteiger partial charge in [-0.1, -0.05) is 37.5 Å². The number of rotatable bonds is 5. The second-order valence-corrected chi connectivity index (χ2v) is 6.76. The van der Waals surface area contributed by atoms with E-state index in [0.717, 1.165) is 25.7 Å². The summed E-state index contributed by atoms with van der Waals surface area (Å²) in [5.74, 6) is -1.27. The molecule has 25 heavy (non-hydrogen) atoms. The summed E-state index contributed by atoms with van der Waals surface area (Å²) in [4.78, 5) is 38.1. The normalized spacial score (nSPS) is 21.2. The van der Waals surface area contributed by atoms with Crippen molar-refractivity contribution < 1.29 is 19.1 Å². The van der Waals surface area contributed by atoms with E-state index in [9.17, 15) is 14.4 Å². The van der Waals surface area contributed by atoms with E-state index in [1.54, 1.807) is 12.1 Å². The number of amides is 2. The molecule has 1 aromatic carbocycles. The van der Waals surface area contributed by atoms with E-state index >= 15 is 0 Å². The van der Waals surface area contributed by atoms with Gasteiger partial charge < -0.3 is 15.0 Å². The van der Waals surface area contributed by atoms with Gasteiger partial charge in [0.2, 0.25) is 5.91 Å². The standard InChI is InChI=1S/C19H24N2O4/c22-17(20-15-7-3-1-4-8-15)13-25-19(24)14-11-18(23)21(12-14)16-9-5-2-6-10-16/h1,3-4,7-8,14,16H,2,5-6,9-13H2,(H,20,22)/t14-/m0/s1. The number of ether oxygens (including phenoxy) is 1. The molecule has 2 aliphatic rings. The van der Waals surface area contributed by atoms with Crippen molar-refractivity contribution in [1.29, 1.82) is 0 Å². The summed E-state index contributed by atoms with van der Waals surface area (Å²) in [5.41, 5.74) is 0.656. The van der Waals surface area contributed by atoms with Crippen molar-refractivity contribution in [2.75, 3.05) is 18.5 Å². The molecule has 6 heteroatoms. The molecule has 0 spiro atoms. The lowest BCUT2D eigenvalue weighted by molar-refractivity contribution is -0.151. The van der Waals surface area contributed by atoms with Crippen molar-refractivity contribution >= 4 is 23.5 Å². The molecule has 2 fully saturated rings. The predicted octanol–water partition coefficient (Wildman–Crippen LogP) is 2.35. The number of hydrogen-bond acceptors (Lipinski definition) is 4. The quantitative estimate of drug-likeness (QED) is 0.832. The van der Waals surface area contributed by atoms with Crippen molar-refractivity contribution in [2.24, 2.45) is 5.92 Å². The number of nitrogens with zero attached hydrogens (tertiary/aromatic N) is 1. The van der Waals surface area contributed by atoms with E-state index in [2.05, 4.69) is 5.32 Å². The first kappa shape index (κ1) is 17.5. The number of carbonyl (C=O) groups excluding carboxylic acids is 3. The fourth-order valence-electron chi connectivity index (χ4n) is 3.61. The zero-order chi connectivity index (χ0) is 17.6. The second-order valence-electron chi connectivity index (χ2n) is 6.76. The maximum atomic E-state index is 12.2. The van der Waals surface area contributed by atoms with Gasteiger partial charge in [0.25, 0.3) is 5.91 Å². The Morgan fingerprint density at radius 2 is 1.84 bits per heavy atom. The Kier molecular flexibility index (Phi) is 5.68. The molecule has 1 N–H and O–H groups in total. The zero-order valence-corrected chi connectivity index (χ0v) is 14.3. The van der Waals surface area contributed by atoms with Crippen LogP contribution in [0.15, 0.2) is 30.3 Å². The van der Waals surface area contributed by atoms with Gasteiger partial charge in [-0.05, 0) is 25.0 Å². The Labute approximate surface area is 147 Å². The highest BCUT2D eigenvalue weighted by Gasteiger charge is 2.39. The number of anilines is 1. The SMILES string of the molecule is O=C(COC(=O)[C@H]1CC(=O)N(C2CCCCC2)C1)Nc1ccccc1. The summed E-state index contributed by atoms with van der Waals surface area (Å²) in [7, 11) is 0. The average Bonchev–Trinajstić information content (AvgIpc) is 3.03. The second kappa shape index (κ2) is 8.14. The molecule has 2 amide bonds. The largest absolute Gasteiger partial charge is 0.455 e. The van der Waals surface area contributed by atoms with Gasteiger partial charge in [-0.25, -0.2) is 0 Å². The number of hydrogen-bond donors (Lipinski definition) is 1. The summed E-state index contributed by atoms with van der Waals surface area (Å²) in [6.45, 7) is 0.0878. The molecular weight excluding hydrogens is 320 g/mol. The molecule has 0 aromatic heterocycles. The van der Waals surface area contributed by atoms with E-state index < -0.39 is 11.9 Å². The van der Waals surface area contributed by atoms with Crippen molar-refractivity contribution in [1.82, 2.24) is 4.90 Å². The first-order valence-corrected chi connectivity index (χ1v) is 8.94. The molecule has 3 rings (SSSR count). The van der Waals surface area contributed by atoms with Crippen LogP contribution in [0.2, 0.25) is 0 Å². The Morgan fingerprint density at radius 3 is 2.56 bits per heavy atom. The lowest BCUT2D eigenvalue weighted by Crippen LogP contribution is -2.38. The monoisotopic (exact) mass is 344 g/mol. The van der Waals surface area contributed by atoms with Crippen molar-refractivity contribution in [3.63, 3.8) is 0 Å². The first-order valence-electron chi connectivity index (χ1n) is 8.94. The summed E-state index contributed by atoms with van der Waals surface area (Å²) < 4.78 is 5.11. The highest BCUT2D eigenvalue weighted by atomic mass is 16.5.